The molecule has 0 amide bonds. The summed E-state index contributed by atoms with van der Waals surface area (Å²) in [6, 6.07) is 13.5. The Balaban J connectivity index is 2.23. The van der Waals surface area contributed by atoms with Crippen LogP contribution in [0.2, 0.25) is 0 Å². The van der Waals surface area contributed by atoms with Gasteiger partial charge in [0.2, 0.25) is 0 Å². The molecular weight excluding hydrogens is 393 g/mol. The molecule has 0 aliphatic heterocycles. The number of unbranched alkanes of at least 4 members (excludes halogenated alkanes) is 2. The lowest BCUT2D eigenvalue weighted by Gasteiger charge is -2.33. The molecule has 0 heterocycles. The Kier molecular flexibility index (Phi) is 5.00. The van der Waals surface area contributed by atoms with E-state index in [2.05, 4.69) is 72.8 Å². The number of benzene rings is 2. The van der Waals surface area contributed by atoms with Crippen LogP contribution in [0.4, 0.5) is 5.69 Å². The molecule has 0 saturated carbocycles. The van der Waals surface area contributed by atoms with Crippen LogP contribution in [0.5, 0.6) is 0 Å². The molecule has 0 radical (unpaired) electrons. The molecule has 2 heteroatoms. The van der Waals surface area contributed by atoms with Crippen molar-refractivity contribution in [3.63, 3.8) is 0 Å². The normalized spacial score (nSPS) is 14.6. The van der Waals surface area contributed by atoms with Crippen molar-refractivity contribution < 1.29 is 0 Å². The van der Waals surface area contributed by atoms with Crippen molar-refractivity contribution in [3.8, 4) is 11.1 Å². The van der Waals surface area contributed by atoms with Crippen LogP contribution in [0.1, 0.15) is 63.5 Å². The number of halogens is 1. The highest BCUT2D eigenvalue weighted by Gasteiger charge is 2.42. The molecule has 1 aliphatic rings. The number of anilines is 1. The minimum Gasteiger partial charge on any atom is -0.399 e. The number of nitrogens with two attached hydrogens (primary N) is 1. The third-order valence-corrected chi connectivity index (χ3v) is 5.93. The monoisotopic (exact) mass is 419 g/mol. The lowest BCUT2D eigenvalue weighted by Crippen LogP contribution is -2.25. The molecule has 0 bridgehead atoms. The first-order valence-corrected chi connectivity index (χ1v) is 9.90. The second kappa shape index (κ2) is 6.84. The van der Waals surface area contributed by atoms with Crippen LogP contribution in [0.3, 0.4) is 0 Å². The fourth-order valence-electron chi connectivity index (χ4n) is 4.11. The summed E-state index contributed by atoms with van der Waals surface area (Å²) in [5.74, 6) is 0. The first kappa shape index (κ1) is 16.8. The summed E-state index contributed by atoms with van der Waals surface area (Å²) in [6.45, 7) is 4.58. The quantitative estimate of drug-likeness (QED) is 0.419. The number of hydrogen-bond acceptors (Lipinski definition) is 1. The Labute approximate surface area is 153 Å². The second-order valence-electron chi connectivity index (χ2n) is 6.78. The predicted molar refractivity (Wildman–Crippen MR) is 109 cm³/mol. The molecule has 0 fully saturated rings. The summed E-state index contributed by atoms with van der Waals surface area (Å²) in [5, 5.41) is 0. The van der Waals surface area contributed by atoms with Gasteiger partial charge in [-0.05, 0) is 82.0 Å². The molecule has 122 valence electrons. The molecule has 1 nitrogen and oxygen atoms in total. The van der Waals surface area contributed by atoms with Crippen LogP contribution in [0.15, 0.2) is 36.4 Å². The molecule has 2 aromatic rings. The molecular formula is C21H26IN. The van der Waals surface area contributed by atoms with Gasteiger partial charge in [-0.1, -0.05) is 51.7 Å². The van der Waals surface area contributed by atoms with Gasteiger partial charge >= 0.3 is 0 Å². The maximum absolute atomic E-state index is 6.17. The van der Waals surface area contributed by atoms with Crippen LogP contribution < -0.4 is 5.73 Å². The molecule has 3 rings (SSSR count). The van der Waals surface area contributed by atoms with E-state index in [4.69, 9.17) is 5.73 Å². The van der Waals surface area contributed by atoms with Gasteiger partial charge in [0, 0.05) is 14.7 Å². The van der Waals surface area contributed by atoms with Crippen LogP contribution in [0, 0.1) is 3.57 Å². The fraction of sp³-hybridized carbons (Fsp3) is 0.429. The summed E-state index contributed by atoms with van der Waals surface area (Å²) in [5.41, 5.74) is 13.1. The minimum atomic E-state index is 0.160. The first-order chi connectivity index (χ1) is 11.1. The fourth-order valence-corrected chi connectivity index (χ4v) is 4.60. The smallest absolute Gasteiger partial charge is 0.0317 e. The highest BCUT2D eigenvalue weighted by Crippen LogP contribution is 2.54. The first-order valence-electron chi connectivity index (χ1n) is 8.83. The van der Waals surface area contributed by atoms with Crippen molar-refractivity contribution >= 4 is 28.3 Å². The SMILES string of the molecule is CCCCC1(CCCC)c2cc(N)ccc2-c2ccc(I)cc21. The lowest BCUT2D eigenvalue weighted by atomic mass is 9.71. The van der Waals surface area contributed by atoms with Crippen molar-refractivity contribution in [2.45, 2.75) is 57.8 Å². The Morgan fingerprint density at radius 2 is 1.43 bits per heavy atom. The molecule has 2 aromatic carbocycles. The molecule has 0 spiro atoms. The maximum atomic E-state index is 6.17. The van der Waals surface area contributed by atoms with Gasteiger partial charge in [-0.15, -0.1) is 0 Å². The van der Waals surface area contributed by atoms with Crippen LogP contribution in [0.25, 0.3) is 11.1 Å². The van der Waals surface area contributed by atoms with Gasteiger partial charge in [-0.25, -0.2) is 0 Å². The number of hydrogen-bond donors (Lipinski definition) is 1. The average molecular weight is 419 g/mol. The van der Waals surface area contributed by atoms with Gasteiger partial charge in [0.1, 0.15) is 0 Å². The standard InChI is InChI=1S/C21H26IN/c1-3-5-11-21(12-6-4-2)19-13-15(22)7-9-17(19)18-10-8-16(23)14-20(18)21/h7-10,13-14H,3-6,11-12,23H2,1-2H3. The van der Waals surface area contributed by atoms with Gasteiger partial charge < -0.3 is 5.73 Å². The van der Waals surface area contributed by atoms with E-state index in [1.807, 2.05) is 0 Å². The topological polar surface area (TPSA) is 26.0 Å². The van der Waals surface area contributed by atoms with E-state index < -0.39 is 0 Å². The van der Waals surface area contributed by atoms with Crippen molar-refractivity contribution in [1.29, 1.82) is 0 Å². The van der Waals surface area contributed by atoms with Gasteiger partial charge in [-0.3, -0.25) is 0 Å². The highest BCUT2D eigenvalue weighted by atomic mass is 127. The summed E-state index contributed by atoms with van der Waals surface area (Å²) < 4.78 is 1.33. The Hall–Kier alpha value is -1.03. The van der Waals surface area contributed by atoms with E-state index in [0.717, 1.165) is 5.69 Å². The van der Waals surface area contributed by atoms with Crippen molar-refractivity contribution in [2.75, 3.05) is 5.73 Å². The number of fused-ring (bicyclic) bond motifs is 3. The number of rotatable bonds is 6. The van der Waals surface area contributed by atoms with Gasteiger partial charge in [-0.2, -0.15) is 0 Å². The summed E-state index contributed by atoms with van der Waals surface area (Å²) in [4.78, 5) is 0. The van der Waals surface area contributed by atoms with Crippen LogP contribution >= 0.6 is 22.6 Å². The van der Waals surface area contributed by atoms with Gasteiger partial charge in [0.25, 0.3) is 0 Å². The zero-order valence-electron chi connectivity index (χ0n) is 14.2. The number of nitrogen functional groups attached to an aromatic ring is 1. The summed E-state index contributed by atoms with van der Waals surface area (Å²) in [6.07, 6.45) is 7.47. The predicted octanol–water partition coefficient (Wildman–Crippen LogP) is 6.52. The summed E-state index contributed by atoms with van der Waals surface area (Å²) in [7, 11) is 0. The lowest BCUT2D eigenvalue weighted by molar-refractivity contribution is 0.414. The van der Waals surface area contributed by atoms with E-state index >= 15 is 0 Å². The Morgan fingerprint density at radius 3 is 2.04 bits per heavy atom. The molecule has 0 atom stereocenters. The molecule has 2 N–H and O–H groups in total. The summed E-state index contributed by atoms with van der Waals surface area (Å²) >= 11 is 2.45. The molecule has 0 aromatic heterocycles. The molecule has 1 aliphatic carbocycles. The third kappa shape index (κ3) is 2.90. The van der Waals surface area contributed by atoms with E-state index in [0.29, 0.717) is 0 Å². The van der Waals surface area contributed by atoms with E-state index in [-0.39, 0.29) is 5.41 Å². The Morgan fingerprint density at radius 1 is 0.870 bits per heavy atom. The Bertz CT molecular complexity index is 643. The second-order valence-corrected chi connectivity index (χ2v) is 8.03. The van der Waals surface area contributed by atoms with E-state index in [1.54, 1.807) is 0 Å². The van der Waals surface area contributed by atoms with Gasteiger partial charge in [0.05, 0.1) is 0 Å². The van der Waals surface area contributed by atoms with Crippen molar-refractivity contribution in [2.24, 2.45) is 0 Å². The zero-order chi connectivity index (χ0) is 16.4. The van der Waals surface area contributed by atoms with Gasteiger partial charge in [0.15, 0.2) is 0 Å². The van der Waals surface area contributed by atoms with E-state index in [1.165, 1.54) is 64.3 Å². The van der Waals surface area contributed by atoms with Crippen LogP contribution in [-0.2, 0) is 5.41 Å². The zero-order valence-corrected chi connectivity index (χ0v) is 16.3. The average Bonchev–Trinajstić information content (AvgIpc) is 2.80. The maximum Gasteiger partial charge on any atom is 0.0317 e. The third-order valence-electron chi connectivity index (χ3n) is 5.26. The van der Waals surface area contributed by atoms with Crippen molar-refractivity contribution in [1.82, 2.24) is 0 Å². The molecule has 0 unspecified atom stereocenters. The van der Waals surface area contributed by atoms with E-state index in [9.17, 15) is 0 Å². The minimum absolute atomic E-state index is 0.160. The molecule has 23 heavy (non-hydrogen) atoms. The largest absolute Gasteiger partial charge is 0.399 e. The van der Waals surface area contributed by atoms with Crippen LogP contribution in [-0.4, -0.2) is 0 Å². The van der Waals surface area contributed by atoms with Crippen molar-refractivity contribution in [3.05, 3.63) is 51.1 Å². The molecule has 0 saturated heterocycles. The highest BCUT2D eigenvalue weighted by molar-refractivity contribution is 14.1.